The van der Waals surface area contributed by atoms with Gasteiger partial charge in [0.1, 0.15) is 0 Å². The second kappa shape index (κ2) is 8.18. The molecular formula is C21H20N2O. The second-order valence-electron chi connectivity index (χ2n) is 5.42. The molecule has 120 valence electrons. The summed E-state index contributed by atoms with van der Waals surface area (Å²) < 4.78 is 5.20. The van der Waals surface area contributed by atoms with Gasteiger partial charge in [0.05, 0.1) is 12.3 Å². The van der Waals surface area contributed by atoms with Gasteiger partial charge in [-0.15, -0.1) is 0 Å². The highest BCUT2D eigenvalue weighted by Crippen LogP contribution is 2.20. The first kappa shape index (κ1) is 16.1. The largest absolute Gasteiger partial charge is 0.384 e. The zero-order valence-electron chi connectivity index (χ0n) is 13.7. The van der Waals surface area contributed by atoms with Crippen molar-refractivity contribution in [1.29, 1.82) is 0 Å². The van der Waals surface area contributed by atoms with E-state index < -0.39 is 0 Å². The monoisotopic (exact) mass is 316 g/mol. The molecule has 0 saturated heterocycles. The summed E-state index contributed by atoms with van der Waals surface area (Å²) in [5.41, 5.74) is 4.16. The minimum atomic E-state index is 0.653. The zero-order chi connectivity index (χ0) is 16.6. The van der Waals surface area contributed by atoms with Crippen molar-refractivity contribution in [3.8, 4) is 0 Å². The van der Waals surface area contributed by atoms with Crippen molar-refractivity contribution in [3.63, 3.8) is 0 Å². The molecule has 1 aromatic heterocycles. The van der Waals surface area contributed by atoms with Gasteiger partial charge in [-0.05, 0) is 18.1 Å². The molecule has 24 heavy (non-hydrogen) atoms. The summed E-state index contributed by atoms with van der Waals surface area (Å²) in [6.45, 7) is 0.653. The van der Waals surface area contributed by atoms with Crippen LogP contribution in [0.2, 0.25) is 0 Å². The Labute approximate surface area is 142 Å². The van der Waals surface area contributed by atoms with Crippen LogP contribution in [0.3, 0.4) is 0 Å². The molecule has 2 aromatic carbocycles. The SMILES string of the molecule is COCCc1cccnc1N=C(c1ccccc1)c1ccccc1. The van der Waals surface area contributed by atoms with Crippen LogP contribution < -0.4 is 0 Å². The molecule has 0 bridgehead atoms. The molecule has 3 rings (SSSR count). The summed E-state index contributed by atoms with van der Waals surface area (Å²) >= 11 is 0. The highest BCUT2D eigenvalue weighted by atomic mass is 16.5. The fraction of sp³-hybridized carbons (Fsp3) is 0.143. The number of rotatable bonds is 6. The van der Waals surface area contributed by atoms with E-state index in [-0.39, 0.29) is 0 Å². The number of nitrogens with zero attached hydrogens (tertiary/aromatic N) is 2. The van der Waals surface area contributed by atoms with Gasteiger partial charge < -0.3 is 4.74 Å². The predicted molar refractivity (Wildman–Crippen MR) is 98.0 cm³/mol. The molecule has 0 N–H and O–H groups in total. The summed E-state index contributed by atoms with van der Waals surface area (Å²) in [6.07, 6.45) is 2.57. The third-order valence-electron chi connectivity index (χ3n) is 3.76. The third kappa shape index (κ3) is 3.94. The van der Waals surface area contributed by atoms with E-state index >= 15 is 0 Å². The molecule has 0 radical (unpaired) electrons. The molecule has 3 nitrogen and oxygen atoms in total. The van der Waals surface area contributed by atoms with Gasteiger partial charge >= 0.3 is 0 Å². The summed E-state index contributed by atoms with van der Waals surface area (Å²) in [4.78, 5) is 9.38. The summed E-state index contributed by atoms with van der Waals surface area (Å²) in [5, 5.41) is 0. The van der Waals surface area contributed by atoms with E-state index in [1.165, 1.54) is 0 Å². The average molecular weight is 316 g/mol. The summed E-state index contributed by atoms with van der Waals surface area (Å²) in [7, 11) is 1.71. The van der Waals surface area contributed by atoms with Gasteiger partial charge in [0.2, 0.25) is 0 Å². The first-order valence-electron chi connectivity index (χ1n) is 8.01. The van der Waals surface area contributed by atoms with E-state index in [0.29, 0.717) is 6.61 Å². The number of pyridine rings is 1. The number of hydrogen-bond donors (Lipinski definition) is 0. The molecule has 0 spiro atoms. The first-order valence-corrected chi connectivity index (χ1v) is 8.01. The standard InChI is InChI=1S/C21H20N2O/c1-24-16-14-19-13-8-15-22-21(19)23-20(17-9-4-2-5-10-17)18-11-6-3-7-12-18/h2-13,15H,14,16H2,1H3. The van der Waals surface area contributed by atoms with E-state index in [1.807, 2.05) is 42.5 Å². The smallest absolute Gasteiger partial charge is 0.155 e. The molecule has 0 aliphatic heterocycles. The molecule has 0 aliphatic rings. The molecule has 3 aromatic rings. The first-order chi connectivity index (χ1) is 11.9. The van der Waals surface area contributed by atoms with Crippen LogP contribution in [0.1, 0.15) is 16.7 Å². The number of benzene rings is 2. The molecule has 0 unspecified atom stereocenters. The Morgan fingerprint density at radius 2 is 1.50 bits per heavy atom. The highest BCUT2D eigenvalue weighted by molar-refractivity contribution is 6.13. The van der Waals surface area contributed by atoms with E-state index in [0.717, 1.165) is 34.6 Å². The maximum Gasteiger partial charge on any atom is 0.155 e. The van der Waals surface area contributed by atoms with Gasteiger partial charge in [0, 0.05) is 24.4 Å². The number of aliphatic imine (C=N–C) groups is 1. The van der Waals surface area contributed by atoms with Crippen molar-refractivity contribution >= 4 is 11.5 Å². The zero-order valence-corrected chi connectivity index (χ0v) is 13.7. The number of ether oxygens (including phenoxy) is 1. The molecular weight excluding hydrogens is 296 g/mol. The molecule has 0 aliphatic carbocycles. The number of aromatic nitrogens is 1. The lowest BCUT2D eigenvalue weighted by atomic mass is 10.0. The van der Waals surface area contributed by atoms with Crippen LogP contribution in [0.4, 0.5) is 5.82 Å². The molecule has 0 amide bonds. The van der Waals surface area contributed by atoms with Gasteiger partial charge in [0.25, 0.3) is 0 Å². The molecule has 0 atom stereocenters. The quantitative estimate of drug-likeness (QED) is 0.630. The predicted octanol–water partition coefficient (Wildman–Crippen LogP) is 4.44. The van der Waals surface area contributed by atoms with Crippen molar-refractivity contribution in [2.75, 3.05) is 13.7 Å². The van der Waals surface area contributed by atoms with E-state index in [4.69, 9.17) is 9.73 Å². The van der Waals surface area contributed by atoms with Gasteiger partial charge in [0.15, 0.2) is 5.82 Å². The summed E-state index contributed by atoms with van der Waals surface area (Å²) in [5.74, 6) is 0.747. The van der Waals surface area contributed by atoms with Crippen LogP contribution in [-0.4, -0.2) is 24.4 Å². The highest BCUT2D eigenvalue weighted by Gasteiger charge is 2.09. The Morgan fingerprint density at radius 1 is 0.875 bits per heavy atom. The molecule has 0 saturated carbocycles. The van der Waals surface area contributed by atoms with Crippen LogP contribution in [0.15, 0.2) is 84.0 Å². The minimum absolute atomic E-state index is 0.653. The lowest BCUT2D eigenvalue weighted by molar-refractivity contribution is 0.202. The van der Waals surface area contributed by atoms with Crippen molar-refractivity contribution < 1.29 is 4.74 Å². The molecule has 3 heteroatoms. The van der Waals surface area contributed by atoms with Gasteiger partial charge in [-0.3, -0.25) is 0 Å². The van der Waals surface area contributed by atoms with Crippen LogP contribution in [0, 0.1) is 0 Å². The van der Waals surface area contributed by atoms with E-state index in [1.54, 1.807) is 13.3 Å². The minimum Gasteiger partial charge on any atom is -0.384 e. The normalized spacial score (nSPS) is 10.4. The van der Waals surface area contributed by atoms with Crippen LogP contribution in [-0.2, 0) is 11.2 Å². The Balaban J connectivity index is 2.08. The molecule has 1 heterocycles. The Morgan fingerprint density at radius 3 is 2.08 bits per heavy atom. The van der Waals surface area contributed by atoms with Crippen molar-refractivity contribution in [2.24, 2.45) is 4.99 Å². The Hall–Kier alpha value is -2.78. The third-order valence-corrected chi connectivity index (χ3v) is 3.76. The Bertz CT molecular complexity index is 757. The fourth-order valence-corrected chi connectivity index (χ4v) is 2.53. The average Bonchev–Trinajstić information content (AvgIpc) is 2.66. The summed E-state index contributed by atoms with van der Waals surface area (Å²) in [6, 6.07) is 24.4. The lowest BCUT2D eigenvalue weighted by Gasteiger charge is -2.09. The van der Waals surface area contributed by atoms with Crippen LogP contribution >= 0.6 is 0 Å². The van der Waals surface area contributed by atoms with Gasteiger partial charge in [-0.2, -0.15) is 0 Å². The van der Waals surface area contributed by atoms with Crippen molar-refractivity contribution in [2.45, 2.75) is 6.42 Å². The maximum absolute atomic E-state index is 5.20. The van der Waals surface area contributed by atoms with Gasteiger partial charge in [-0.25, -0.2) is 9.98 Å². The van der Waals surface area contributed by atoms with Crippen LogP contribution in [0.25, 0.3) is 0 Å². The lowest BCUT2D eigenvalue weighted by Crippen LogP contribution is -2.04. The van der Waals surface area contributed by atoms with Gasteiger partial charge in [-0.1, -0.05) is 66.7 Å². The maximum atomic E-state index is 5.20. The van der Waals surface area contributed by atoms with Crippen molar-refractivity contribution in [3.05, 3.63) is 95.7 Å². The Kier molecular flexibility index (Phi) is 5.48. The fourth-order valence-electron chi connectivity index (χ4n) is 2.53. The van der Waals surface area contributed by atoms with E-state index in [2.05, 4.69) is 35.3 Å². The molecule has 0 fully saturated rings. The van der Waals surface area contributed by atoms with Crippen LogP contribution in [0.5, 0.6) is 0 Å². The van der Waals surface area contributed by atoms with Crippen molar-refractivity contribution in [1.82, 2.24) is 4.98 Å². The number of hydrogen-bond acceptors (Lipinski definition) is 3. The second-order valence-corrected chi connectivity index (χ2v) is 5.42. The topological polar surface area (TPSA) is 34.5 Å². The van der Waals surface area contributed by atoms with E-state index in [9.17, 15) is 0 Å². The number of methoxy groups -OCH3 is 1.